The summed E-state index contributed by atoms with van der Waals surface area (Å²) in [6.45, 7) is 1.91. The number of carbonyl (C=O) groups is 1. The maximum absolute atomic E-state index is 12.4. The van der Waals surface area contributed by atoms with Crippen LogP contribution in [0.4, 0.5) is 11.4 Å². The van der Waals surface area contributed by atoms with Crippen LogP contribution in [0.15, 0.2) is 54.7 Å². The summed E-state index contributed by atoms with van der Waals surface area (Å²) in [5.74, 6) is -0.585. The number of anilines is 1. The molecule has 0 spiro atoms. The smallest absolute Gasteiger partial charge is 0.283 e. The second-order valence-electron chi connectivity index (χ2n) is 5.31. The van der Waals surface area contributed by atoms with E-state index in [1.165, 1.54) is 12.1 Å². The van der Waals surface area contributed by atoms with Crippen molar-refractivity contribution in [2.45, 2.75) is 6.92 Å². The summed E-state index contributed by atoms with van der Waals surface area (Å²) in [6.07, 6.45) is 1.68. The van der Waals surface area contributed by atoms with Gasteiger partial charge in [0.05, 0.1) is 10.6 Å². The van der Waals surface area contributed by atoms with Crippen LogP contribution in [-0.4, -0.2) is 20.6 Å². The summed E-state index contributed by atoms with van der Waals surface area (Å²) < 4.78 is 1.72. The van der Waals surface area contributed by atoms with Gasteiger partial charge in [-0.2, -0.15) is 5.10 Å². The number of halogens is 1. The maximum atomic E-state index is 12.4. The second-order valence-corrected chi connectivity index (χ2v) is 5.74. The Bertz CT molecular complexity index is 968. The van der Waals surface area contributed by atoms with E-state index in [1.807, 2.05) is 19.1 Å². The molecule has 8 heteroatoms. The maximum Gasteiger partial charge on any atom is 0.283 e. The number of nitrogens with zero attached hydrogens (tertiary/aromatic N) is 3. The number of nitro benzene ring substituents is 1. The summed E-state index contributed by atoms with van der Waals surface area (Å²) in [6, 6.07) is 12.8. The standard InChI is InChI=1S/C17H13ClN4O3/c1-11-7-8-19-21(11)14-4-2-3-13(10-14)20-17(23)15-6-5-12(18)9-16(15)22(24)25/h2-10H,1H3,(H,20,23). The van der Waals surface area contributed by atoms with Crippen molar-refractivity contribution in [1.29, 1.82) is 0 Å². The van der Waals surface area contributed by atoms with Crippen LogP contribution in [0.25, 0.3) is 5.69 Å². The molecule has 126 valence electrons. The minimum Gasteiger partial charge on any atom is -0.322 e. The molecule has 0 aliphatic heterocycles. The van der Waals surface area contributed by atoms with E-state index in [9.17, 15) is 14.9 Å². The zero-order valence-corrected chi connectivity index (χ0v) is 13.9. The molecule has 2 aromatic carbocycles. The minimum atomic E-state index is -0.635. The van der Waals surface area contributed by atoms with Crippen molar-refractivity contribution in [2.75, 3.05) is 5.32 Å². The molecule has 7 nitrogen and oxygen atoms in total. The second kappa shape index (κ2) is 6.74. The summed E-state index contributed by atoms with van der Waals surface area (Å²) in [7, 11) is 0. The van der Waals surface area contributed by atoms with Gasteiger partial charge in [0.25, 0.3) is 11.6 Å². The van der Waals surface area contributed by atoms with E-state index in [0.717, 1.165) is 17.4 Å². The number of amides is 1. The fourth-order valence-electron chi connectivity index (χ4n) is 2.40. The van der Waals surface area contributed by atoms with Crippen molar-refractivity contribution >= 4 is 28.9 Å². The molecule has 0 aliphatic carbocycles. The van der Waals surface area contributed by atoms with E-state index in [-0.39, 0.29) is 16.3 Å². The van der Waals surface area contributed by atoms with Gasteiger partial charge in [0.1, 0.15) is 5.56 Å². The predicted octanol–water partition coefficient (Wildman–Crippen LogP) is 3.99. The largest absolute Gasteiger partial charge is 0.322 e. The monoisotopic (exact) mass is 356 g/mol. The Morgan fingerprint density at radius 1 is 1.24 bits per heavy atom. The van der Waals surface area contributed by atoms with Gasteiger partial charge in [-0.25, -0.2) is 4.68 Å². The Morgan fingerprint density at radius 3 is 2.72 bits per heavy atom. The number of nitro groups is 1. The van der Waals surface area contributed by atoms with Gasteiger partial charge in [0.2, 0.25) is 0 Å². The van der Waals surface area contributed by atoms with E-state index in [2.05, 4.69) is 10.4 Å². The quantitative estimate of drug-likeness (QED) is 0.565. The highest BCUT2D eigenvalue weighted by Gasteiger charge is 2.20. The lowest BCUT2D eigenvalue weighted by Gasteiger charge is -2.09. The van der Waals surface area contributed by atoms with E-state index >= 15 is 0 Å². The van der Waals surface area contributed by atoms with Crippen LogP contribution >= 0.6 is 11.6 Å². The summed E-state index contributed by atoms with van der Waals surface area (Å²) >= 11 is 5.77. The average molecular weight is 357 g/mol. The molecule has 0 radical (unpaired) electrons. The van der Waals surface area contributed by atoms with Crippen molar-refractivity contribution in [1.82, 2.24) is 9.78 Å². The van der Waals surface area contributed by atoms with Gasteiger partial charge in [-0.05, 0) is 43.3 Å². The number of hydrogen-bond acceptors (Lipinski definition) is 4. The zero-order chi connectivity index (χ0) is 18.0. The van der Waals surface area contributed by atoms with Crippen LogP contribution in [0.5, 0.6) is 0 Å². The van der Waals surface area contributed by atoms with Gasteiger partial charge in [-0.3, -0.25) is 14.9 Å². The third-order valence-corrected chi connectivity index (χ3v) is 3.82. The van der Waals surface area contributed by atoms with Crippen LogP contribution in [0, 0.1) is 17.0 Å². The fraction of sp³-hybridized carbons (Fsp3) is 0.0588. The number of rotatable bonds is 4. The number of benzene rings is 2. The summed E-state index contributed by atoms with van der Waals surface area (Å²) in [5, 5.41) is 18.2. The molecule has 3 aromatic rings. The Morgan fingerprint density at radius 2 is 2.04 bits per heavy atom. The van der Waals surface area contributed by atoms with Crippen LogP contribution in [0.2, 0.25) is 5.02 Å². The number of carbonyl (C=O) groups excluding carboxylic acids is 1. The lowest BCUT2D eigenvalue weighted by molar-refractivity contribution is -0.385. The van der Waals surface area contributed by atoms with Crippen molar-refractivity contribution < 1.29 is 9.72 Å². The molecule has 0 saturated carbocycles. The van der Waals surface area contributed by atoms with Gasteiger partial charge < -0.3 is 5.32 Å². The predicted molar refractivity (Wildman–Crippen MR) is 94.4 cm³/mol. The van der Waals surface area contributed by atoms with Gasteiger partial charge in [0.15, 0.2) is 0 Å². The highest BCUT2D eigenvalue weighted by atomic mass is 35.5. The molecule has 0 atom stereocenters. The molecular formula is C17H13ClN4O3. The Balaban J connectivity index is 1.90. The molecule has 0 saturated heterocycles. The van der Waals surface area contributed by atoms with Gasteiger partial charge >= 0.3 is 0 Å². The molecule has 3 rings (SSSR count). The molecule has 1 heterocycles. The highest BCUT2D eigenvalue weighted by Crippen LogP contribution is 2.24. The third-order valence-electron chi connectivity index (χ3n) is 3.58. The van der Waals surface area contributed by atoms with Crippen LogP contribution in [-0.2, 0) is 0 Å². The summed E-state index contributed by atoms with van der Waals surface area (Å²) in [5.41, 5.74) is 1.81. The highest BCUT2D eigenvalue weighted by molar-refractivity contribution is 6.31. The average Bonchev–Trinajstić information content (AvgIpc) is 3.01. The number of aromatic nitrogens is 2. The van der Waals surface area contributed by atoms with E-state index in [4.69, 9.17) is 11.6 Å². The fourth-order valence-corrected chi connectivity index (χ4v) is 2.57. The normalized spacial score (nSPS) is 10.5. The van der Waals surface area contributed by atoms with Gasteiger partial charge in [-0.15, -0.1) is 0 Å². The van der Waals surface area contributed by atoms with E-state index in [1.54, 1.807) is 29.1 Å². The zero-order valence-electron chi connectivity index (χ0n) is 13.1. The Labute approximate surface area is 148 Å². The SMILES string of the molecule is Cc1ccnn1-c1cccc(NC(=O)c2ccc(Cl)cc2[N+](=O)[O-])c1. The van der Waals surface area contributed by atoms with Gasteiger partial charge in [-0.1, -0.05) is 17.7 Å². The van der Waals surface area contributed by atoms with Crippen molar-refractivity contribution in [2.24, 2.45) is 0 Å². The molecule has 1 N–H and O–H groups in total. The molecule has 0 bridgehead atoms. The van der Waals surface area contributed by atoms with E-state index < -0.39 is 10.8 Å². The first kappa shape index (κ1) is 16.7. The van der Waals surface area contributed by atoms with Crippen molar-refractivity contribution in [3.63, 3.8) is 0 Å². The molecule has 0 unspecified atom stereocenters. The van der Waals surface area contributed by atoms with E-state index in [0.29, 0.717) is 5.69 Å². The summed E-state index contributed by atoms with van der Waals surface area (Å²) in [4.78, 5) is 22.9. The molecule has 1 amide bonds. The lowest BCUT2D eigenvalue weighted by atomic mass is 10.1. The van der Waals surface area contributed by atoms with Crippen LogP contribution in [0.3, 0.4) is 0 Å². The first-order valence-corrected chi connectivity index (χ1v) is 7.70. The molecule has 0 fully saturated rings. The number of aryl methyl sites for hydroxylation is 1. The van der Waals surface area contributed by atoms with Crippen LogP contribution in [0.1, 0.15) is 16.1 Å². The van der Waals surface area contributed by atoms with Crippen molar-refractivity contribution in [3.8, 4) is 5.69 Å². The molecule has 25 heavy (non-hydrogen) atoms. The number of hydrogen-bond donors (Lipinski definition) is 1. The topological polar surface area (TPSA) is 90.1 Å². The lowest BCUT2D eigenvalue weighted by Crippen LogP contribution is -2.14. The molecular weight excluding hydrogens is 344 g/mol. The minimum absolute atomic E-state index is 0.0601. The number of nitrogens with one attached hydrogen (secondary N) is 1. The van der Waals surface area contributed by atoms with Crippen molar-refractivity contribution in [3.05, 3.63) is 81.1 Å². The third kappa shape index (κ3) is 3.51. The first-order chi connectivity index (χ1) is 12.0. The Kier molecular flexibility index (Phi) is 4.49. The molecule has 0 aliphatic rings. The Hall–Kier alpha value is -3.19. The molecule has 1 aromatic heterocycles. The van der Waals surface area contributed by atoms with Crippen LogP contribution < -0.4 is 5.32 Å². The first-order valence-electron chi connectivity index (χ1n) is 7.32. The van der Waals surface area contributed by atoms with Gasteiger partial charge in [0, 0.05) is 28.7 Å².